The lowest BCUT2D eigenvalue weighted by molar-refractivity contribution is -0.118. The molecule has 2 aromatic rings. The van der Waals surface area contributed by atoms with Gasteiger partial charge in [0.1, 0.15) is 5.75 Å². The lowest BCUT2D eigenvalue weighted by Crippen LogP contribution is -2.29. The van der Waals surface area contributed by atoms with E-state index < -0.39 is 0 Å². The first-order valence-corrected chi connectivity index (χ1v) is 9.34. The first kappa shape index (κ1) is 19.0. The van der Waals surface area contributed by atoms with E-state index in [9.17, 15) is 9.59 Å². The Morgan fingerprint density at radius 2 is 1.78 bits per heavy atom. The first-order chi connectivity index (χ1) is 13.0. The Morgan fingerprint density at radius 3 is 2.52 bits per heavy atom. The Kier molecular flexibility index (Phi) is 5.79. The molecule has 0 spiro atoms. The van der Waals surface area contributed by atoms with Crippen LogP contribution in [0.25, 0.3) is 0 Å². The number of nitrogens with zero attached hydrogens (tertiary/aromatic N) is 1. The fourth-order valence-corrected chi connectivity index (χ4v) is 3.28. The predicted molar refractivity (Wildman–Crippen MR) is 106 cm³/mol. The van der Waals surface area contributed by atoms with Crippen molar-refractivity contribution in [2.24, 2.45) is 0 Å². The van der Waals surface area contributed by atoms with Gasteiger partial charge < -0.3 is 15.0 Å². The van der Waals surface area contributed by atoms with Gasteiger partial charge in [0.05, 0.1) is 11.3 Å². The second kappa shape index (κ2) is 8.25. The van der Waals surface area contributed by atoms with Crippen LogP contribution < -0.4 is 10.1 Å². The van der Waals surface area contributed by atoms with E-state index >= 15 is 0 Å². The number of ether oxygens (including phenoxy) is 1. The van der Waals surface area contributed by atoms with Crippen LogP contribution in [-0.4, -0.2) is 36.4 Å². The maximum Gasteiger partial charge on any atom is 0.262 e. The molecule has 2 aromatic carbocycles. The van der Waals surface area contributed by atoms with Crippen LogP contribution in [0.5, 0.6) is 5.75 Å². The van der Waals surface area contributed by atoms with E-state index in [1.807, 2.05) is 56.0 Å². The summed E-state index contributed by atoms with van der Waals surface area (Å²) in [6, 6.07) is 11.4. The van der Waals surface area contributed by atoms with Crippen LogP contribution in [0.2, 0.25) is 0 Å². The number of para-hydroxylation sites is 1. The highest BCUT2D eigenvalue weighted by Gasteiger charge is 2.23. The molecule has 5 nitrogen and oxygen atoms in total. The molecular weight excluding hydrogens is 340 g/mol. The Hall–Kier alpha value is -2.82. The minimum atomic E-state index is -0.277. The molecule has 1 heterocycles. The highest BCUT2D eigenvalue weighted by atomic mass is 16.5. The van der Waals surface area contributed by atoms with Crippen LogP contribution in [-0.2, 0) is 4.79 Å². The summed E-state index contributed by atoms with van der Waals surface area (Å²) in [5.74, 6) is 0.394. The lowest BCUT2D eigenvalue weighted by Gasteiger charge is -2.19. The average Bonchev–Trinajstić information content (AvgIpc) is 3.18. The summed E-state index contributed by atoms with van der Waals surface area (Å²) in [5.41, 5.74) is 4.03. The molecule has 1 N–H and O–H groups in total. The fourth-order valence-electron chi connectivity index (χ4n) is 3.28. The molecule has 5 heteroatoms. The number of aryl methyl sites for hydroxylation is 3. The van der Waals surface area contributed by atoms with Crippen LogP contribution in [0.3, 0.4) is 0 Å². The number of carbonyl (C=O) groups excluding carboxylic acids is 2. The van der Waals surface area contributed by atoms with E-state index in [0.29, 0.717) is 17.0 Å². The van der Waals surface area contributed by atoms with E-state index in [1.54, 1.807) is 6.07 Å². The minimum absolute atomic E-state index is 0.0260. The Balaban J connectivity index is 1.72. The number of hydrogen-bond acceptors (Lipinski definition) is 3. The van der Waals surface area contributed by atoms with Crippen molar-refractivity contribution < 1.29 is 14.3 Å². The molecule has 27 heavy (non-hydrogen) atoms. The maximum absolute atomic E-state index is 12.8. The third kappa shape index (κ3) is 4.48. The van der Waals surface area contributed by atoms with Crippen molar-refractivity contribution in [3.8, 4) is 5.75 Å². The molecule has 0 bridgehead atoms. The number of hydrogen-bond donors (Lipinski definition) is 1. The normalized spacial score (nSPS) is 13.5. The molecule has 142 valence electrons. The first-order valence-electron chi connectivity index (χ1n) is 9.34. The summed E-state index contributed by atoms with van der Waals surface area (Å²) in [5, 5.41) is 2.88. The van der Waals surface area contributed by atoms with Crippen molar-refractivity contribution >= 4 is 17.5 Å². The SMILES string of the molecule is Cc1ccc(C)c(OCC(=O)Nc2c(C)cccc2C(=O)N2CCCC2)c1. The quantitative estimate of drug-likeness (QED) is 0.874. The summed E-state index contributed by atoms with van der Waals surface area (Å²) in [6.45, 7) is 7.26. The van der Waals surface area contributed by atoms with Crippen LogP contribution in [0.1, 0.15) is 39.9 Å². The zero-order valence-electron chi connectivity index (χ0n) is 16.2. The van der Waals surface area contributed by atoms with E-state index in [1.165, 1.54) is 0 Å². The van der Waals surface area contributed by atoms with Gasteiger partial charge in [0.15, 0.2) is 6.61 Å². The van der Waals surface area contributed by atoms with E-state index in [2.05, 4.69) is 5.32 Å². The van der Waals surface area contributed by atoms with Gasteiger partial charge in [-0.25, -0.2) is 0 Å². The van der Waals surface area contributed by atoms with Crippen molar-refractivity contribution in [1.82, 2.24) is 4.90 Å². The second-order valence-corrected chi connectivity index (χ2v) is 7.10. The number of carbonyl (C=O) groups is 2. The molecule has 0 aliphatic carbocycles. The van der Waals surface area contributed by atoms with Gasteiger partial charge in [-0.05, 0) is 62.4 Å². The van der Waals surface area contributed by atoms with Gasteiger partial charge in [0.2, 0.25) is 0 Å². The molecule has 1 aliphatic rings. The van der Waals surface area contributed by atoms with Crippen molar-refractivity contribution in [2.45, 2.75) is 33.6 Å². The molecule has 0 radical (unpaired) electrons. The van der Waals surface area contributed by atoms with E-state index in [-0.39, 0.29) is 18.4 Å². The van der Waals surface area contributed by atoms with Crippen LogP contribution >= 0.6 is 0 Å². The third-order valence-electron chi connectivity index (χ3n) is 4.86. The number of rotatable bonds is 5. The molecule has 1 saturated heterocycles. The summed E-state index contributed by atoms with van der Waals surface area (Å²) in [4.78, 5) is 27.1. The largest absolute Gasteiger partial charge is 0.483 e. The summed E-state index contributed by atoms with van der Waals surface area (Å²) in [7, 11) is 0. The maximum atomic E-state index is 12.8. The molecule has 1 fully saturated rings. The Labute approximate surface area is 160 Å². The lowest BCUT2D eigenvalue weighted by atomic mass is 10.1. The Morgan fingerprint density at radius 1 is 1.04 bits per heavy atom. The van der Waals surface area contributed by atoms with Gasteiger partial charge in [-0.3, -0.25) is 9.59 Å². The number of amides is 2. The van der Waals surface area contributed by atoms with Crippen LogP contribution in [0.4, 0.5) is 5.69 Å². The standard InChI is InChI=1S/C22H26N2O3/c1-15-9-10-16(2)19(13-15)27-14-20(25)23-21-17(3)7-6-8-18(21)22(26)24-11-4-5-12-24/h6-10,13H,4-5,11-12,14H2,1-3H3,(H,23,25). The number of likely N-dealkylation sites (tertiary alicyclic amines) is 1. The van der Waals surface area contributed by atoms with Gasteiger partial charge in [-0.2, -0.15) is 0 Å². The molecule has 0 unspecified atom stereocenters. The molecule has 0 saturated carbocycles. The second-order valence-electron chi connectivity index (χ2n) is 7.10. The van der Waals surface area contributed by atoms with E-state index in [0.717, 1.165) is 42.6 Å². The number of anilines is 1. The highest BCUT2D eigenvalue weighted by Crippen LogP contribution is 2.24. The van der Waals surface area contributed by atoms with Crippen molar-refractivity contribution in [2.75, 3.05) is 25.0 Å². The van der Waals surface area contributed by atoms with Crippen molar-refractivity contribution in [1.29, 1.82) is 0 Å². The molecular formula is C22H26N2O3. The van der Waals surface area contributed by atoms with Gasteiger partial charge >= 0.3 is 0 Å². The van der Waals surface area contributed by atoms with Gasteiger partial charge in [-0.1, -0.05) is 24.3 Å². The number of nitrogens with one attached hydrogen (secondary N) is 1. The smallest absolute Gasteiger partial charge is 0.262 e. The molecule has 2 amide bonds. The minimum Gasteiger partial charge on any atom is -0.483 e. The van der Waals surface area contributed by atoms with Crippen molar-refractivity contribution in [3.05, 3.63) is 58.7 Å². The monoisotopic (exact) mass is 366 g/mol. The third-order valence-corrected chi connectivity index (χ3v) is 4.86. The van der Waals surface area contributed by atoms with Gasteiger partial charge in [0.25, 0.3) is 11.8 Å². The zero-order valence-corrected chi connectivity index (χ0v) is 16.2. The predicted octanol–water partition coefficient (Wildman–Crippen LogP) is 3.87. The molecule has 0 aromatic heterocycles. The van der Waals surface area contributed by atoms with E-state index in [4.69, 9.17) is 4.74 Å². The topological polar surface area (TPSA) is 58.6 Å². The molecule has 0 atom stereocenters. The Bertz CT molecular complexity index is 855. The fraction of sp³-hybridized carbons (Fsp3) is 0.364. The number of benzene rings is 2. The van der Waals surface area contributed by atoms with Crippen molar-refractivity contribution in [3.63, 3.8) is 0 Å². The highest BCUT2D eigenvalue weighted by molar-refractivity contribution is 6.05. The average molecular weight is 366 g/mol. The molecule has 3 rings (SSSR count). The zero-order chi connectivity index (χ0) is 19.4. The van der Waals surface area contributed by atoms with Gasteiger partial charge in [-0.15, -0.1) is 0 Å². The van der Waals surface area contributed by atoms with Crippen LogP contribution in [0.15, 0.2) is 36.4 Å². The summed E-state index contributed by atoms with van der Waals surface area (Å²) in [6.07, 6.45) is 2.06. The summed E-state index contributed by atoms with van der Waals surface area (Å²) < 4.78 is 5.68. The molecule has 1 aliphatic heterocycles. The summed E-state index contributed by atoms with van der Waals surface area (Å²) >= 11 is 0. The van der Waals surface area contributed by atoms with Gasteiger partial charge in [0, 0.05) is 13.1 Å². The van der Waals surface area contributed by atoms with Crippen LogP contribution in [0, 0.1) is 20.8 Å².